The van der Waals surface area contributed by atoms with Gasteiger partial charge in [0.05, 0.1) is 0 Å². The average molecular weight is 394 g/mol. The fourth-order valence-corrected chi connectivity index (χ4v) is 4.30. The first-order chi connectivity index (χ1) is 13.3. The van der Waals surface area contributed by atoms with Gasteiger partial charge in [-0.05, 0) is 12.1 Å². The van der Waals surface area contributed by atoms with Gasteiger partial charge in [-0.15, -0.1) is 10.2 Å². The Kier molecular flexibility index (Phi) is 5.22. The van der Waals surface area contributed by atoms with Crippen molar-refractivity contribution in [3.8, 4) is 0 Å². The van der Waals surface area contributed by atoms with Gasteiger partial charge in [-0.2, -0.15) is 5.10 Å². The van der Waals surface area contributed by atoms with Crippen molar-refractivity contribution >= 4 is 39.7 Å². The molecule has 2 aromatic heterocycles. The van der Waals surface area contributed by atoms with Crippen molar-refractivity contribution < 1.29 is 4.79 Å². The number of rotatable bonds is 7. The van der Waals surface area contributed by atoms with E-state index in [0.717, 1.165) is 5.69 Å². The maximum absolute atomic E-state index is 13.0. The number of benzene rings is 2. The van der Waals surface area contributed by atoms with Crippen LogP contribution in [0.25, 0.3) is 0 Å². The third-order valence-electron chi connectivity index (χ3n) is 3.60. The van der Waals surface area contributed by atoms with E-state index in [9.17, 15) is 4.79 Å². The molecule has 2 heterocycles. The molecule has 2 aromatic carbocycles. The molecule has 0 aliphatic heterocycles. The molecule has 1 atom stereocenters. The smallest absolute Gasteiger partial charge is 0.210 e. The SMILES string of the molecule is O=C(c1ccccc1)[C@@H](Sc1nnc(Nc2ccccc2)s1)n1cncn1. The molecule has 9 heteroatoms. The van der Waals surface area contributed by atoms with Gasteiger partial charge in [-0.3, -0.25) is 4.79 Å². The van der Waals surface area contributed by atoms with Crippen molar-refractivity contribution in [1.82, 2.24) is 25.0 Å². The lowest BCUT2D eigenvalue weighted by atomic mass is 10.1. The van der Waals surface area contributed by atoms with Gasteiger partial charge in [-0.1, -0.05) is 71.6 Å². The molecule has 0 spiro atoms. The summed E-state index contributed by atoms with van der Waals surface area (Å²) < 4.78 is 2.20. The summed E-state index contributed by atoms with van der Waals surface area (Å²) in [6, 6.07) is 18.9. The monoisotopic (exact) mass is 394 g/mol. The van der Waals surface area contributed by atoms with Gasteiger partial charge in [0.25, 0.3) is 0 Å². The summed E-state index contributed by atoms with van der Waals surface area (Å²) in [7, 11) is 0. The minimum absolute atomic E-state index is 0.0705. The molecular weight excluding hydrogens is 380 g/mol. The number of hydrogen-bond donors (Lipinski definition) is 1. The van der Waals surface area contributed by atoms with Crippen LogP contribution >= 0.6 is 23.1 Å². The molecule has 0 aliphatic rings. The predicted octanol–water partition coefficient (Wildman–Crippen LogP) is 4.05. The highest BCUT2D eigenvalue weighted by atomic mass is 32.2. The summed E-state index contributed by atoms with van der Waals surface area (Å²) in [5.74, 6) is -0.0705. The Hall–Kier alpha value is -3.04. The van der Waals surface area contributed by atoms with Crippen LogP contribution in [0.1, 0.15) is 15.7 Å². The van der Waals surface area contributed by atoms with E-state index in [-0.39, 0.29) is 5.78 Å². The minimum Gasteiger partial charge on any atom is -0.330 e. The fourth-order valence-electron chi connectivity index (χ4n) is 2.36. The number of aromatic nitrogens is 5. The molecule has 0 unspecified atom stereocenters. The van der Waals surface area contributed by atoms with Crippen LogP contribution < -0.4 is 5.32 Å². The van der Waals surface area contributed by atoms with Crippen LogP contribution in [0.15, 0.2) is 77.7 Å². The third kappa shape index (κ3) is 4.21. The van der Waals surface area contributed by atoms with Gasteiger partial charge >= 0.3 is 0 Å². The summed E-state index contributed by atoms with van der Waals surface area (Å²) in [5, 5.41) is 15.8. The molecule has 0 amide bonds. The number of Topliss-reactive ketones (excluding diaryl/α,β-unsaturated/α-hetero) is 1. The molecule has 4 rings (SSSR count). The van der Waals surface area contributed by atoms with E-state index < -0.39 is 5.37 Å². The fraction of sp³-hybridized carbons (Fsp3) is 0.0556. The Balaban J connectivity index is 1.55. The van der Waals surface area contributed by atoms with E-state index in [1.807, 2.05) is 48.5 Å². The highest BCUT2D eigenvalue weighted by Gasteiger charge is 2.25. The lowest BCUT2D eigenvalue weighted by Crippen LogP contribution is -2.17. The van der Waals surface area contributed by atoms with E-state index in [2.05, 4.69) is 25.6 Å². The van der Waals surface area contributed by atoms with Crippen molar-refractivity contribution in [3.05, 3.63) is 78.9 Å². The molecule has 0 radical (unpaired) electrons. The molecular formula is C18H14N6OS2. The predicted molar refractivity (Wildman–Crippen MR) is 105 cm³/mol. The van der Waals surface area contributed by atoms with Crippen molar-refractivity contribution in [2.45, 2.75) is 9.71 Å². The number of thioether (sulfide) groups is 1. The van der Waals surface area contributed by atoms with Gasteiger partial charge < -0.3 is 5.32 Å². The highest BCUT2D eigenvalue weighted by Crippen LogP contribution is 2.36. The van der Waals surface area contributed by atoms with Gasteiger partial charge in [0.1, 0.15) is 12.7 Å². The molecule has 0 saturated heterocycles. The quantitative estimate of drug-likeness (QED) is 0.374. The van der Waals surface area contributed by atoms with Gasteiger partial charge in [0, 0.05) is 11.3 Å². The molecule has 27 heavy (non-hydrogen) atoms. The molecule has 0 saturated carbocycles. The maximum atomic E-state index is 13.0. The van der Waals surface area contributed by atoms with E-state index in [4.69, 9.17) is 0 Å². The number of ketones is 1. The van der Waals surface area contributed by atoms with Crippen LogP contribution in [0.3, 0.4) is 0 Å². The molecule has 0 fully saturated rings. The van der Waals surface area contributed by atoms with Crippen molar-refractivity contribution in [1.29, 1.82) is 0 Å². The van der Waals surface area contributed by atoms with Crippen LogP contribution in [-0.4, -0.2) is 30.7 Å². The number of anilines is 2. The second kappa shape index (κ2) is 8.11. The lowest BCUT2D eigenvalue weighted by molar-refractivity contribution is 0.0962. The molecule has 0 bridgehead atoms. The topological polar surface area (TPSA) is 85.6 Å². The van der Waals surface area contributed by atoms with Crippen LogP contribution in [0.5, 0.6) is 0 Å². The first-order valence-corrected chi connectivity index (χ1v) is 9.75. The normalized spacial score (nSPS) is 11.9. The van der Waals surface area contributed by atoms with Crippen LogP contribution in [0, 0.1) is 0 Å². The first-order valence-electron chi connectivity index (χ1n) is 8.05. The number of para-hydroxylation sites is 1. The molecule has 7 nitrogen and oxygen atoms in total. The Morgan fingerprint density at radius 2 is 1.78 bits per heavy atom. The lowest BCUT2D eigenvalue weighted by Gasteiger charge is -2.13. The second-order valence-corrected chi connectivity index (χ2v) is 7.74. The summed E-state index contributed by atoms with van der Waals surface area (Å²) in [6.07, 6.45) is 2.94. The summed E-state index contributed by atoms with van der Waals surface area (Å²) in [5.41, 5.74) is 1.54. The summed E-state index contributed by atoms with van der Waals surface area (Å²) >= 11 is 2.68. The zero-order chi connectivity index (χ0) is 18.5. The van der Waals surface area contributed by atoms with Gasteiger partial charge in [0.2, 0.25) is 5.13 Å². The summed E-state index contributed by atoms with van der Waals surface area (Å²) in [6.45, 7) is 0. The summed E-state index contributed by atoms with van der Waals surface area (Å²) in [4.78, 5) is 16.9. The Morgan fingerprint density at radius 3 is 2.48 bits per heavy atom. The molecule has 1 N–H and O–H groups in total. The van der Waals surface area contributed by atoms with Crippen molar-refractivity contribution in [2.24, 2.45) is 0 Å². The maximum Gasteiger partial charge on any atom is 0.210 e. The van der Waals surface area contributed by atoms with Crippen molar-refractivity contribution in [3.63, 3.8) is 0 Å². The highest BCUT2D eigenvalue weighted by molar-refractivity contribution is 8.01. The number of nitrogens with zero attached hydrogens (tertiary/aromatic N) is 5. The largest absolute Gasteiger partial charge is 0.330 e. The van der Waals surface area contributed by atoms with Crippen LogP contribution in [0.2, 0.25) is 0 Å². The van der Waals surface area contributed by atoms with E-state index >= 15 is 0 Å². The molecule has 4 aromatic rings. The average Bonchev–Trinajstić information content (AvgIpc) is 3.39. The van der Waals surface area contributed by atoms with Gasteiger partial charge in [0.15, 0.2) is 15.5 Å². The Bertz CT molecular complexity index is 1000. The Morgan fingerprint density at radius 1 is 1.04 bits per heavy atom. The van der Waals surface area contributed by atoms with Crippen molar-refractivity contribution in [2.75, 3.05) is 5.32 Å². The molecule has 0 aliphatic carbocycles. The third-order valence-corrected chi connectivity index (χ3v) is 5.71. The number of hydrogen-bond acceptors (Lipinski definition) is 8. The standard InChI is InChI=1S/C18H14N6OS2/c25-15(13-7-3-1-4-8-13)16(24-12-19-11-20-24)26-18-23-22-17(27-18)21-14-9-5-2-6-10-14/h1-12,16H,(H,21,22)/t16-/m1/s1. The number of nitrogens with one attached hydrogen (secondary N) is 1. The van der Waals surface area contributed by atoms with Crippen LogP contribution in [-0.2, 0) is 0 Å². The minimum atomic E-state index is -0.604. The first kappa shape index (κ1) is 17.4. The van der Waals surface area contributed by atoms with Gasteiger partial charge in [-0.25, -0.2) is 9.67 Å². The number of carbonyl (C=O) groups excluding carboxylic acids is 1. The molecule has 134 valence electrons. The zero-order valence-corrected chi connectivity index (χ0v) is 15.6. The van der Waals surface area contributed by atoms with E-state index in [0.29, 0.717) is 15.0 Å². The Labute approximate surface area is 163 Å². The number of carbonyl (C=O) groups is 1. The zero-order valence-electron chi connectivity index (χ0n) is 14.0. The second-order valence-electron chi connectivity index (χ2n) is 5.44. The van der Waals surface area contributed by atoms with Crippen LogP contribution in [0.4, 0.5) is 10.8 Å². The van der Waals surface area contributed by atoms with E-state index in [1.165, 1.54) is 40.4 Å². The van der Waals surface area contributed by atoms with E-state index in [1.54, 1.807) is 12.1 Å².